The van der Waals surface area contributed by atoms with Crippen LogP contribution in [-0.2, 0) is 16.9 Å². The van der Waals surface area contributed by atoms with Crippen molar-refractivity contribution in [3.05, 3.63) is 29.3 Å². The van der Waals surface area contributed by atoms with E-state index in [4.69, 9.17) is 4.74 Å². The van der Waals surface area contributed by atoms with Crippen LogP contribution in [-0.4, -0.2) is 32.2 Å². The average Bonchev–Trinajstić information content (AvgIpc) is 3.10. The third-order valence-electron chi connectivity index (χ3n) is 3.29. The molecule has 0 saturated heterocycles. The molecule has 2 rings (SSSR count). The molecule has 1 saturated carbocycles. The van der Waals surface area contributed by atoms with E-state index in [1.807, 2.05) is 26.2 Å². The molecule has 1 aliphatic carbocycles. The highest BCUT2D eigenvalue weighted by atomic mass is 16.5. The van der Waals surface area contributed by atoms with Crippen molar-refractivity contribution in [1.29, 1.82) is 0 Å². The lowest BCUT2D eigenvalue weighted by molar-refractivity contribution is 0.371. The third-order valence-corrected chi connectivity index (χ3v) is 3.29. The largest absolute Gasteiger partial charge is 0.496 e. The van der Waals surface area contributed by atoms with Crippen molar-refractivity contribution in [2.45, 2.75) is 24.9 Å². The second kappa shape index (κ2) is 4.92. The molecule has 1 aliphatic rings. The molecule has 1 aromatic rings. The van der Waals surface area contributed by atoms with Crippen LogP contribution in [0.4, 0.5) is 0 Å². The molecule has 0 spiro atoms. The van der Waals surface area contributed by atoms with Crippen molar-refractivity contribution in [1.82, 2.24) is 4.90 Å². The molecule has 0 radical (unpaired) electrons. The lowest BCUT2D eigenvalue weighted by Gasteiger charge is -2.16. The minimum atomic E-state index is -0.310. The van der Waals surface area contributed by atoms with E-state index in [-0.39, 0.29) is 5.54 Å². The maximum Gasteiger partial charge on any atom is 0.235 e. The molecule has 0 amide bonds. The first kappa shape index (κ1) is 12.8. The number of rotatable bonds is 5. The minimum absolute atomic E-state index is 0.310. The molecule has 1 fully saturated rings. The summed E-state index contributed by atoms with van der Waals surface area (Å²) in [5.74, 6) is 0.873. The van der Waals surface area contributed by atoms with Crippen LogP contribution >= 0.6 is 0 Å². The fourth-order valence-electron chi connectivity index (χ4n) is 2.20. The van der Waals surface area contributed by atoms with Crippen molar-refractivity contribution in [3.8, 4) is 5.75 Å². The van der Waals surface area contributed by atoms with Gasteiger partial charge in [-0.15, -0.1) is 0 Å². The zero-order valence-corrected chi connectivity index (χ0v) is 11.1. The standard InChI is InChI=1S/C14H18N2O2/c1-16(2)9-11-8-12(4-5-13(11)18-3)14(6-7-14)15-10-17/h4-5,8H,6-7,9H2,1-3H3. The third kappa shape index (κ3) is 2.45. The van der Waals surface area contributed by atoms with Gasteiger partial charge in [0.25, 0.3) is 0 Å². The first-order valence-electron chi connectivity index (χ1n) is 6.02. The van der Waals surface area contributed by atoms with E-state index in [1.54, 1.807) is 13.2 Å². The Morgan fingerprint density at radius 1 is 1.44 bits per heavy atom. The van der Waals surface area contributed by atoms with Crippen LogP contribution in [0.5, 0.6) is 5.75 Å². The van der Waals surface area contributed by atoms with E-state index in [9.17, 15) is 4.79 Å². The Bertz CT molecular complexity index is 487. The molecule has 0 unspecified atom stereocenters. The molecule has 4 nitrogen and oxygen atoms in total. The number of nitrogens with zero attached hydrogens (tertiary/aromatic N) is 2. The smallest absolute Gasteiger partial charge is 0.235 e. The number of ether oxygens (including phenoxy) is 1. The van der Waals surface area contributed by atoms with Gasteiger partial charge in [0.2, 0.25) is 6.08 Å². The SMILES string of the molecule is COc1ccc(C2(N=C=O)CC2)cc1CN(C)C. The Kier molecular flexibility index (Phi) is 3.50. The summed E-state index contributed by atoms with van der Waals surface area (Å²) in [6.45, 7) is 0.803. The molecule has 0 heterocycles. The maximum absolute atomic E-state index is 10.5. The Balaban J connectivity index is 2.36. The number of aliphatic imine (C=N–C) groups is 1. The molecule has 0 N–H and O–H groups in total. The van der Waals surface area contributed by atoms with E-state index < -0.39 is 0 Å². The van der Waals surface area contributed by atoms with E-state index in [0.717, 1.165) is 36.3 Å². The number of carbonyl (C=O) groups excluding carboxylic acids is 1. The van der Waals surface area contributed by atoms with E-state index >= 15 is 0 Å². The molecule has 0 aromatic heterocycles. The quantitative estimate of drug-likeness (QED) is 0.590. The summed E-state index contributed by atoms with van der Waals surface area (Å²) in [4.78, 5) is 16.5. The van der Waals surface area contributed by atoms with Gasteiger partial charge in [0, 0.05) is 12.1 Å². The highest BCUT2D eigenvalue weighted by Crippen LogP contribution is 2.49. The van der Waals surface area contributed by atoms with E-state index in [2.05, 4.69) is 16.0 Å². The van der Waals surface area contributed by atoms with Gasteiger partial charge in [-0.1, -0.05) is 6.07 Å². The second-order valence-electron chi connectivity index (χ2n) is 5.00. The zero-order valence-electron chi connectivity index (χ0n) is 11.1. The summed E-state index contributed by atoms with van der Waals surface area (Å²) >= 11 is 0. The van der Waals surface area contributed by atoms with Gasteiger partial charge in [-0.3, -0.25) is 0 Å². The average molecular weight is 246 g/mol. The molecule has 4 heteroatoms. The van der Waals surface area contributed by atoms with Crippen LogP contribution < -0.4 is 4.74 Å². The monoisotopic (exact) mass is 246 g/mol. The lowest BCUT2D eigenvalue weighted by Crippen LogP contribution is -2.13. The first-order valence-corrected chi connectivity index (χ1v) is 6.02. The van der Waals surface area contributed by atoms with Crippen molar-refractivity contribution in [3.63, 3.8) is 0 Å². The summed E-state index contributed by atoms with van der Waals surface area (Å²) < 4.78 is 5.36. The zero-order chi connectivity index (χ0) is 13.2. The van der Waals surface area contributed by atoms with Gasteiger partial charge < -0.3 is 9.64 Å². The van der Waals surface area contributed by atoms with Crippen LogP contribution in [0.2, 0.25) is 0 Å². The van der Waals surface area contributed by atoms with Crippen molar-refractivity contribution in [2.24, 2.45) is 4.99 Å². The Morgan fingerprint density at radius 2 is 2.17 bits per heavy atom. The molecule has 96 valence electrons. The van der Waals surface area contributed by atoms with E-state index in [0.29, 0.717) is 0 Å². The van der Waals surface area contributed by atoms with Crippen molar-refractivity contribution < 1.29 is 9.53 Å². The molecule has 1 aromatic carbocycles. The van der Waals surface area contributed by atoms with Gasteiger partial charge in [-0.2, -0.15) is 4.99 Å². The van der Waals surface area contributed by atoms with Gasteiger partial charge in [-0.25, -0.2) is 4.79 Å². The Morgan fingerprint density at radius 3 is 2.67 bits per heavy atom. The normalized spacial score (nSPS) is 16.2. The van der Waals surface area contributed by atoms with Gasteiger partial charge in [0.05, 0.1) is 12.6 Å². The second-order valence-corrected chi connectivity index (χ2v) is 5.00. The van der Waals surface area contributed by atoms with Crippen LogP contribution in [0.3, 0.4) is 0 Å². The first-order chi connectivity index (χ1) is 8.61. The van der Waals surface area contributed by atoms with Crippen LogP contribution in [0.15, 0.2) is 23.2 Å². The summed E-state index contributed by atoms with van der Waals surface area (Å²) in [5.41, 5.74) is 1.89. The number of hydrogen-bond acceptors (Lipinski definition) is 4. The van der Waals surface area contributed by atoms with Gasteiger partial charge in [-0.05, 0) is 44.6 Å². The summed E-state index contributed by atoms with van der Waals surface area (Å²) in [6, 6.07) is 6.03. The molecule has 0 bridgehead atoms. The molecule has 0 atom stereocenters. The van der Waals surface area contributed by atoms with Crippen LogP contribution in [0.25, 0.3) is 0 Å². The van der Waals surface area contributed by atoms with Gasteiger partial charge >= 0.3 is 0 Å². The summed E-state index contributed by atoms with van der Waals surface area (Å²) in [6.07, 6.45) is 3.54. The van der Waals surface area contributed by atoms with Crippen LogP contribution in [0, 0.1) is 0 Å². The number of benzene rings is 1. The molecule has 18 heavy (non-hydrogen) atoms. The van der Waals surface area contributed by atoms with Gasteiger partial charge in [0.15, 0.2) is 0 Å². The maximum atomic E-state index is 10.5. The van der Waals surface area contributed by atoms with Crippen molar-refractivity contribution in [2.75, 3.05) is 21.2 Å². The van der Waals surface area contributed by atoms with Crippen LogP contribution in [0.1, 0.15) is 24.0 Å². The Hall–Kier alpha value is -1.64. The summed E-state index contributed by atoms with van der Waals surface area (Å²) in [7, 11) is 5.70. The molecular formula is C14H18N2O2. The van der Waals surface area contributed by atoms with Gasteiger partial charge in [0.1, 0.15) is 5.75 Å². The molecular weight excluding hydrogens is 228 g/mol. The predicted octanol–water partition coefficient (Wildman–Crippen LogP) is 2.08. The fourth-order valence-corrected chi connectivity index (χ4v) is 2.20. The topological polar surface area (TPSA) is 41.9 Å². The highest BCUT2D eigenvalue weighted by molar-refractivity contribution is 5.45. The fraction of sp³-hybridized carbons (Fsp3) is 0.500. The highest BCUT2D eigenvalue weighted by Gasteiger charge is 2.45. The number of methoxy groups -OCH3 is 1. The van der Waals surface area contributed by atoms with Crippen molar-refractivity contribution >= 4 is 6.08 Å². The Labute approximate surface area is 107 Å². The molecule has 0 aliphatic heterocycles. The summed E-state index contributed by atoms with van der Waals surface area (Å²) in [5, 5.41) is 0. The number of hydrogen-bond donors (Lipinski definition) is 0. The predicted molar refractivity (Wildman–Crippen MR) is 69.4 cm³/mol. The minimum Gasteiger partial charge on any atom is -0.496 e. The van der Waals surface area contributed by atoms with E-state index in [1.165, 1.54) is 0 Å². The lowest BCUT2D eigenvalue weighted by atomic mass is 10.0. The number of isocyanates is 1.